The lowest BCUT2D eigenvalue weighted by molar-refractivity contribution is -0.256. The van der Waals surface area contributed by atoms with Gasteiger partial charge >= 0.3 is 23.9 Å². The predicted octanol–water partition coefficient (Wildman–Crippen LogP) is 8.58. The number of aromatic carboxylic acids is 3. The zero-order valence-corrected chi connectivity index (χ0v) is 62.9. The number of carboxylic acid groups (broad SMARTS) is 4. The molecule has 21 rings (SSSR count). The van der Waals surface area contributed by atoms with Crippen molar-refractivity contribution < 1.29 is 87.6 Å². The normalized spacial score (nSPS) is 17.0. The minimum Gasteiger partial charge on any atom is -0.545 e. The predicted molar refractivity (Wildman–Crippen MR) is 427 cm³/mol. The lowest BCUT2D eigenvalue weighted by atomic mass is 9.81. The SMILES string of the molecule is C.C.CCC(=O)O.O=C([O-])c1ccc(C2=c3cc4c5c(c3Oc3c2cc2c6c3CCCN6CCC2)CCC[N+]=5CCC4)c(C(=O)O)c1.O=COc1ccc(C(=O)[O-])c(C2=c3cc4c5c(c3Oc3c2cc2c6c3CCCN6CCC2)CCC[N+]=5CCC4)c1.O=COc1ccc2c(c1)C(=O)OC2=O.Oc1ccc2c3c1CCCN3CCC2. The summed E-state index contributed by atoms with van der Waals surface area (Å²) in [5.41, 5.74) is 21.4. The smallest absolute Gasteiger partial charge is 0.347 e. The molecule has 0 saturated carbocycles. The lowest BCUT2D eigenvalue weighted by Crippen LogP contribution is -2.45. The highest BCUT2D eigenvalue weighted by atomic mass is 16.6. The summed E-state index contributed by atoms with van der Waals surface area (Å²) in [5, 5.41) is 56.4. The third-order valence-corrected chi connectivity index (χ3v) is 24.3. The van der Waals surface area contributed by atoms with Crippen molar-refractivity contribution in [2.45, 2.75) is 157 Å². The molecule has 0 spiro atoms. The summed E-state index contributed by atoms with van der Waals surface area (Å²) in [6, 6.07) is 25.9. The number of aromatic hydroxyl groups is 1. The van der Waals surface area contributed by atoms with E-state index in [0.29, 0.717) is 29.1 Å². The summed E-state index contributed by atoms with van der Waals surface area (Å²) in [6.45, 7) is 13.0. The molecule has 0 atom stereocenters. The molecule has 0 unspecified atom stereocenters. The van der Waals surface area contributed by atoms with Crippen LogP contribution in [0.4, 0.5) is 17.1 Å². The molecule has 8 aromatic rings. The van der Waals surface area contributed by atoms with E-state index in [1.54, 1.807) is 19.1 Å². The molecule has 13 aliphatic heterocycles. The summed E-state index contributed by atoms with van der Waals surface area (Å²) in [4.78, 5) is 96.9. The Kier molecular flexibility index (Phi) is 22.0. The number of anilines is 3. The monoisotopic (exact) mass is 1560 g/mol. The van der Waals surface area contributed by atoms with Crippen LogP contribution in [-0.4, -0.2) is 130 Å². The van der Waals surface area contributed by atoms with E-state index in [1.165, 1.54) is 158 Å². The maximum absolute atomic E-state index is 12.6. The van der Waals surface area contributed by atoms with Crippen LogP contribution in [0.15, 0.2) is 91.0 Å². The summed E-state index contributed by atoms with van der Waals surface area (Å²) in [7, 11) is 0. The van der Waals surface area contributed by atoms with Crippen molar-refractivity contribution >= 4 is 77.0 Å². The van der Waals surface area contributed by atoms with E-state index < -0.39 is 35.8 Å². The number of phenolic OH excluding ortho intramolecular Hbond substituents is 1. The fourth-order valence-electron chi connectivity index (χ4n) is 19.7. The van der Waals surface area contributed by atoms with E-state index in [2.05, 4.69) is 63.7 Å². The topological polar surface area (TPSA) is 305 Å². The second kappa shape index (κ2) is 32.4. The molecule has 115 heavy (non-hydrogen) atoms. The number of cyclic esters (lactones) is 2. The second-order valence-electron chi connectivity index (χ2n) is 30.9. The molecule has 0 bridgehead atoms. The number of rotatable bonds is 10. The summed E-state index contributed by atoms with van der Waals surface area (Å²) >= 11 is 0. The van der Waals surface area contributed by atoms with Crippen LogP contribution in [0.2, 0.25) is 0 Å². The van der Waals surface area contributed by atoms with Gasteiger partial charge in [-0.2, -0.15) is 0 Å². The molecule has 3 N–H and O–H groups in total. The number of carboxylic acids is 4. The Morgan fingerprint density at radius 3 is 1.35 bits per heavy atom. The van der Waals surface area contributed by atoms with Crippen LogP contribution in [0, 0.1) is 0 Å². The standard InChI is InChI=1S/2C33H30N2O5.C12H15NO.C9H4O5.C3H6O2.2CH4/c36-18-39-21-9-10-22(33(37)38)25(17-21)28-26-15-19-5-1-11-34-13-3-7-23(29(19)34)31(26)40-32-24-8-4-14-35-12-2-6-20(30(24)35)16-27(28)32;36-32(37)20-9-10-21(24(17-20)33(38)39)27-25-15-18-5-1-11-34-13-3-7-22(28(18)34)30(25)40-31-23-8-4-14-35-12-2-6-19(29(23)35)16-26(27)31;14-11-6-5-9-3-1-7-13-8-2-4-10(11)12(9)13;10-4-13-5-1-2-6-7(3-5)9(12)14-8(6)11;1-2-3(4)5;;/h9-10,15-18H,1-8,11-14H2;9-10,15-17H,1-8,11-14H2,(H-,36,37,38,39);5-6,14H,1-4,7-8H2;1-4H;2H2,1H3,(H,4,5);2*1H4. The molecule has 0 radical (unpaired) electrons. The number of phenols is 1. The van der Waals surface area contributed by atoms with E-state index in [9.17, 15) is 58.8 Å². The Balaban J connectivity index is 0.000000129. The van der Waals surface area contributed by atoms with Gasteiger partial charge in [-0.1, -0.05) is 40.0 Å². The number of benzene rings is 8. The Morgan fingerprint density at radius 2 is 0.861 bits per heavy atom. The number of hydrogen-bond acceptors (Lipinski definition) is 19. The molecule has 0 fully saturated rings. The molecule has 594 valence electrons. The number of fused-ring (bicyclic) bond motifs is 9. The zero-order valence-electron chi connectivity index (χ0n) is 62.9. The van der Waals surface area contributed by atoms with Crippen molar-refractivity contribution in [3.05, 3.63) is 218 Å². The molecule has 23 nitrogen and oxygen atoms in total. The van der Waals surface area contributed by atoms with Crippen LogP contribution in [0.1, 0.15) is 222 Å². The Hall–Kier alpha value is -12.1. The average Bonchev–Trinajstić information content (AvgIpc) is 1.35. The largest absolute Gasteiger partial charge is 0.545 e. The number of aryl methyl sites for hydroxylation is 5. The fraction of sp³-hybridized carbons (Fsp3) is 0.370. The Morgan fingerprint density at radius 1 is 0.435 bits per heavy atom. The first-order valence-electron chi connectivity index (χ1n) is 39.7. The maximum atomic E-state index is 12.6. The van der Waals surface area contributed by atoms with Crippen molar-refractivity contribution in [1.82, 2.24) is 9.15 Å². The van der Waals surface area contributed by atoms with E-state index in [4.69, 9.17) is 19.3 Å². The third-order valence-electron chi connectivity index (χ3n) is 24.3. The third kappa shape index (κ3) is 14.2. The summed E-state index contributed by atoms with van der Waals surface area (Å²) < 4.78 is 33.1. The first-order chi connectivity index (χ1) is 55.0. The molecule has 0 saturated heterocycles. The number of aliphatic carboxylic acids is 1. The number of esters is 2. The van der Waals surface area contributed by atoms with Gasteiger partial charge in [0.05, 0.1) is 39.8 Å². The fourth-order valence-corrected chi connectivity index (χ4v) is 19.7. The maximum Gasteiger partial charge on any atom is 0.347 e. The van der Waals surface area contributed by atoms with Gasteiger partial charge in [-0.05, 0) is 209 Å². The van der Waals surface area contributed by atoms with Crippen LogP contribution < -0.4 is 74.2 Å². The molecule has 23 heteroatoms. The van der Waals surface area contributed by atoms with E-state index in [1.807, 2.05) is 6.07 Å². The molecule has 0 aliphatic carbocycles. The first kappa shape index (κ1) is 78.1. The first-order valence-corrected chi connectivity index (χ1v) is 39.7. The number of nitrogens with zero attached hydrogens (tertiary/aromatic N) is 5. The van der Waals surface area contributed by atoms with Gasteiger partial charge < -0.3 is 73.5 Å². The molecule has 0 aromatic heterocycles. The quantitative estimate of drug-likeness (QED) is 0.0499. The van der Waals surface area contributed by atoms with Crippen molar-refractivity contribution in [3.8, 4) is 40.2 Å². The molecular weight excluding hydrogens is 1460 g/mol. The van der Waals surface area contributed by atoms with Gasteiger partial charge in [0.2, 0.25) is 10.7 Å². The number of hydrogen-bond donors (Lipinski definition) is 3. The number of carbonyl (C=O) groups is 8. The Bertz CT molecular complexity index is 5730. The summed E-state index contributed by atoms with van der Waals surface area (Å²) in [5.74, 6) is -1.56. The van der Waals surface area contributed by atoms with Crippen LogP contribution in [0.5, 0.6) is 40.2 Å². The summed E-state index contributed by atoms with van der Waals surface area (Å²) in [6.07, 6.45) is 21.1. The van der Waals surface area contributed by atoms with Crippen LogP contribution in [0.25, 0.3) is 11.1 Å². The van der Waals surface area contributed by atoms with E-state index in [-0.39, 0.29) is 61.3 Å². The Labute approximate surface area is 665 Å². The van der Waals surface area contributed by atoms with Crippen LogP contribution in [0.3, 0.4) is 0 Å². The van der Waals surface area contributed by atoms with Crippen molar-refractivity contribution in [2.24, 2.45) is 0 Å². The van der Waals surface area contributed by atoms with Crippen LogP contribution >= 0.6 is 0 Å². The minimum atomic E-state index is -1.39. The van der Waals surface area contributed by atoms with Gasteiger partial charge in [-0.25, -0.2) is 23.5 Å². The minimum absolute atomic E-state index is 0. The van der Waals surface area contributed by atoms with Gasteiger partial charge in [0.25, 0.3) is 12.9 Å². The van der Waals surface area contributed by atoms with Crippen molar-refractivity contribution in [2.75, 3.05) is 80.1 Å². The van der Waals surface area contributed by atoms with Gasteiger partial charge in [0, 0.05) is 155 Å². The van der Waals surface area contributed by atoms with E-state index in [0.717, 1.165) is 217 Å². The van der Waals surface area contributed by atoms with Gasteiger partial charge in [0.15, 0.2) is 0 Å². The molecule has 13 aliphatic rings. The highest BCUT2D eigenvalue weighted by molar-refractivity contribution is 6.15. The molecule has 8 aromatic carbocycles. The van der Waals surface area contributed by atoms with E-state index >= 15 is 0 Å². The number of ether oxygens (including phenoxy) is 5. The molecular formula is C92H93N5O18. The van der Waals surface area contributed by atoms with Gasteiger partial charge in [0.1, 0.15) is 66.4 Å². The zero-order chi connectivity index (χ0) is 78.0. The molecule has 13 heterocycles. The van der Waals surface area contributed by atoms with Crippen molar-refractivity contribution in [1.29, 1.82) is 0 Å². The van der Waals surface area contributed by atoms with Gasteiger partial charge in [-0.15, -0.1) is 0 Å². The van der Waals surface area contributed by atoms with Gasteiger partial charge in [-0.3, -0.25) is 14.4 Å². The number of carbonyl (C=O) groups excluding carboxylic acids is 6. The highest BCUT2D eigenvalue weighted by Crippen LogP contribution is 2.52. The van der Waals surface area contributed by atoms with Crippen LogP contribution in [-0.2, 0) is 83.3 Å². The lowest BCUT2D eigenvalue weighted by Gasteiger charge is -2.39. The molecule has 0 amide bonds. The van der Waals surface area contributed by atoms with Crippen molar-refractivity contribution in [3.63, 3.8) is 0 Å². The second-order valence-corrected chi connectivity index (χ2v) is 30.9. The average molecular weight is 1560 g/mol. The highest BCUT2D eigenvalue weighted by Gasteiger charge is 2.40.